The lowest BCUT2D eigenvalue weighted by molar-refractivity contribution is -0.145. The number of sulfonamides is 1. The van der Waals surface area contributed by atoms with Crippen molar-refractivity contribution in [1.29, 1.82) is 0 Å². The summed E-state index contributed by atoms with van der Waals surface area (Å²) in [6.45, 7) is 3.56. The number of aromatic nitrogens is 5. The summed E-state index contributed by atoms with van der Waals surface area (Å²) >= 11 is 13.8. The van der Waals surface area contributed by atoms with Crippen molar-refractivity contribution in [3.05, 3.63) is 118 Å². The van der Waals surface area contributed by atoms with Crippen molar-refractivity contribution in [2.45, 2.75) is 29.6 Å². The van der Waals surface area contributed by atoms with E-state index in [4.69, 9.17) is 37.7 Å². The predicted molar refractivity (Wildman–Crippen MR) is 197 cm³/mol. The molecule has 0 spiro atoms. The number of hydrogen-bond donors (Lipinski definition) is 0. The van der Waals surface area contributed by atoms with Crippen molar-refractivity contribution < 1.29 is 22.7 Å². The number of morpholine rings is 1. The maximum absolute atomic E-state index is 13.5. The van der Waals surface area contributed by atoms with Crippen molar-refractivity contribution >= 4 is 62.0 Å². The normalized spacial score (nSPS) is 14.5. The van der Waals surface area contributed by atoms with E-state index in [-0.39, 0.29) is 23.7 Å². The fourth-order valence-electron chi connectivity index (χ4n) is 5.90. The highest BCUT2D eigenvalue weighted by Gasteiger charge is 2.28. The number of rotatable bonds is 11. The molecule has 0 bridgehead atoms. The first-order valence-electron chi connectivity index (χ1n) is 16.1. The lowest BCUT2D eigenvalue weighted by Crippen LogP contribution is -2.40. The first kappa shape index (κ1) is 35.2. The Morgan fingerprint density at radius 1 is 0.922 bits per heavy atom. The van der Waals surface area contributed by atoms with Crippen LogP contribution in [-0.4, -0.2) is 75.1 Å². The number of nitrogens with zero attached hydrogens (tertiary/aromatic N) is 6. The van der Waals surface area contributed by atoms with Gasteiger partial charge in [-0.1, -0.05) is 83.5 Å². The van der Waals surface area contributed by atoms with Crippen LogP contribution in [0.3, 0.4) is 0 Å². The van der Waals surface area contributed by atoms with E-state index in [2.05, 4.69) is 10.2 Å². The minimum absolute atomic E-state index is 0.0841. The van der Waals surface area contributed by atoms with Gasteiger partial charge in [0.15, 0.2) is 22.9 Å². The molecule has 1 atom stereocenters. The molecule has 1 aliphatic heterocycles. The molecule has 7 rings (SSSR count). The van der Waals surface area contributed by atoms with E-state index in [1.807, 2.05) is 53.1 Å². The van der Waals surface area contributed by atoms with Gasteiger partial charge >= 0.3 is 5.97 Å². The molecule has 262 valence electrons. The molecule has 3 heterocycles. The molecule has 4 aromatic carbocycles. The molecule has 1 unspecified atom stereocenters. The number of benzene rings is 4. The van der Waals surface area contributed by atoms with Crippen molar-refractivity contribution in [3.63, 3.8) is 0 Å². The van der Waals surface area contributed by atoms with Crippen molar-refractivity contribution in [3.8, 4) is 17.1 Å². The summed E-state index contributed by atoms with van der Waals surface area (Å²) in [6, 6.07) is 29.2. The third-order valence-electron chi connectivity index (χ3n) is 8.31. The molecule has 1 aliphatic rings. The van der Waals surface area contributed by atoms with Crippen LogP contribution in [-0.2, 0) is 30.8 Å². The minimum Gasteiger partial charge on any atom is -0.454 e. The summed E-state index contributed by atoms with van der Waals surface area (Å²) in [5.41, 5.74) is 3.82. The van der Waals surface area contributed by atoms with Gasteiger partial charge in [0.2, 0.25) is 10.0 Å². The van der Waals surface area contributed by atoms with Gasteiger partial charge in [0.1, 0.15) is 0 Å². The highest BCUT2D eigenvalue weighted by atomic mass is 35.5. The Morgan fingerprint density at radius 2 is 1.69 bits per heavy atom. The van der Waals surface area contributed by atoms with Crippen LogP contribution in [0.1, 0.15) is 24.4 Å². The van der Waals surface area contributed by atoms with Gasteiger partial charge in [-0.2, -0.15) is 4.31 Å². The van der Waals surface area contributed by atoms with Gasteiger partial charge in [-0.25, -0.2) is 13.4 Å². The third-order valence-corrected chi connectivity index (χ3v) is 11.6. The summed E-state index contributed by atoms with van der Waals surface area (Å²) < 4.78 is 43.4. The number of ether oxygens (including phenoxy) is 2. The summed E-state index contributed by atoms with van der Waals surface area (Å²) in [7, 11) is -3.76. The van der Waals surface area contributed by atoms with Gasteiger partial charge in [-0.05, 0) is 61.0 Å². The highest BCUT2D eigenvalue weighted by molar-refractivity contribution is 7.99. The maximum Gasteiger partial charge on any atom is 0.317 e. The van der Waals surface area contributed by atoms with E-state index in [1.54, 1.807) is 60.0 Å². The van der Waals surface area contributed by atoms with Gasteiger partial charge < -0.3 is 14.0 Å². The Balaban J connectivity index is 1.14. The average molecular weight is 764 g/mol. The number of carbonyl (C=O) groups is 1. The van der Waals surface area contributed by atoms with Crippen LogP contribution in [0.5, 0.6) is 0 Å². The molecule has 1 fully saturated rings. The zero-order valence-electron chi connectivity index (χ0n) is 27.4. The summed E-state index contributed by atoms with van der Waals surface area (Å²) in [5, 5.41) is 10.3. The first-order chi connectivity index (χ1) is 24.7. The van der Waals surface area contributed by atoms with Crippen LogP contribution >= 0.6 is 35.0 Å². The Bertz CT molecular complexity index is 2310. The van der Waals surface area contributed by atoms with Crippen molar-refractivity contribution in [2.24, 2.45) is 0 Å². The third kappa shape index (κ3) is 7.69. The maximum atomic E-state index is 13.5. The summed E-state index contributed by atoms with van der Waals surface area (Å²) in [6.07, 6.45) is -0.675. The second-order valence-corrected chi connectivity index (χ2v) is 15.5. The summed E-state index contributed by atoms with van der Waals surface area (Å²) in [4.78, 5) is 18.3. The minimum atomic E-state index is -3.76. The number of halogens is 2. The van der Waals surface area contributed by atoms with Crippen LogP contribution in [0.15, 0.2) is 107 Å². The zero-order valence-corrected chi connectivity index (χ0v) is 30.5. The van der Waals surface area contributed by atoms with Gasteiger partial charge in [0, 0.05) is 35.2 Å². The van der Waals surface area contributed by atoms with Crippen molar-refractivity contribution in [1.82, 2.24) is 28.6 Å². The van der Waals surface area contributed by atoms with E-state index in [0.29, 0.717) is 63.4 Å². The van der Waals surface area contributed by atoms with Crippen LogP contribution in [0.4, 0.5) is 0 Å². The SMILES string of the molecule is CC(OC(=O)CSc1nnc(-c2cccc(S(=O)(=O)N3CCOCC3)c2)n1-c1cccc(Cl)c1)c1nc2cc(Cl)ccc2n1Cc1ccccc1. The molecule has 51 heavy (non-hydrogen) atoms. The smallest absolute Gasteiger partial charge is 0.317 e. The number of imidazole rings is 1. The standard InChI is InChI=1S/C36H32Cl2N6O5S2/c1-24(34-39-31-21-28(38)13-14-32(31)43(34)22-25-7-3-2-4-8-25)49-33(45)23-50-36-41-40-35(44(36)29-11-6-10-27(37)20-29)26-9-5-12-30(19-26)51(46,47)42-15-17-48-18-16-42/h2-14,19-21,24H,15-18,22-23H2,1H3. The van der Waals surface area contributed by atoms with Gasteiger partial charge in [0.25, 0.3) is 0 Å². The van der Waals surface area contributed by atoms with Crippen LogP contribution in [0.2, 0.25) is 10.0 Å². The van der Waals surface area contributed by atoms with Gasteiger partial charge in [-0.3, -0.25) is 9.36 Å². The van der Waals surface area contributed by atoms with E-state index in [9.17, 15) is 13.2 Å². The Kier molecular flexibility index (Phi) is 10.5. The lowest BCUT2D eigenvalue weighted by atomic mass is 10.2. The fourth-order valence-corrected chi connectivity index (χ4v) is 8.44. The molecule has 0 N–H and O–H groups in total. The zero-order chi connectivity index (χ0) is 35.5. The molecule has 0 saturated carbocycles. The molecule has 0 radical (unpaired) electrons. The summed E-state index contributed by atoms with van der Waals surface area (Å²) in [5.74, 6) is 0.406. The van der Waals surface area contributed by atoms with Crippen molar-refractivity contribution in [2.75, 3.05) is 32.1 Å². The molecule has 0 amide bonds. The molecule has 2 aromatic heterocycles. The first-order valence-corrected chi connectivity index (χ1v) is 19.3. The van der Waals surface area contributed by atoms with E-state index < -0.39 is 22.1 Å². The number of carbonyl (C=O) groups excluding carboxylic acids is 1. The Morgan fingerprint density at radius 3 is 2.47 bits per heavy atom. The second-order valence-electron chi connectivity index (χ2n) is 11.8. The number of esters is 1. The molecule has 11 nitrogen and oxygen atoms in total. The molecule has 15 heteroatoms. The average Bonchev–Trinajstić information content (AvgIpc) is 3.73. The predicted octanol–water partition coefficient (Wildman–Crippen LogP) is 7.06. The molecule has 0 aliphatic carbocycles. The van der Waals surface area contributed by atoms with E-state index in [1.165, 1.54) is 4.31 Å². The molecule has 1 saturated heterocycles. The largest absolute Gasteiger partial charge is 0.454 e. The Hall–Kier alpha value is -4.24. The van der Waals surface area contributed by atoms with Crippen LogP contribution in [0, 0.1) is 0 Å². The van der Waals surface area contributed by atoms with Crippen LogP contribution < -0.4 is 0 Å². The van der Waals surface area contributed by atoms with Gasteiger partial charge in [0.05, 0.1) is 40.6 Å². The second kappa shape index (κ2) is 15.2. The number of hydrogen-bond acceptors (Lipinski definition) is 9. The van der Waals surface area contributed by atoms with Crippen LogP contribution in [0.25, 0.3) is 28.1 Å². The Labute approximate surface area is 309 Å². The van der Waals surface area contributed by atoms with E-state index in [0.717, 1.165) is 22.8 Å². The van der Waals surface area contributed by atoms with E-state index >= 15 is 0 Å². The number of thioether (sulfide) groups is 1. The fraction of sp³-hybridized carbons (Fsp3) is 0.222. The molecular weight excluding hydrogens is 731 g/mol. The lowest BCUT2D eigenvalue weighted by Gasteiger charge is -2.26. The topological polar surface area (TPSA) is 121 Å². The number of fused-ring (bicyclic) bond motifs is 1. The molecular formula is C36H32Cl2N6O5S2. The monoisotopic (exact) mass is 762 g/mol. The quantitative estimate of drug-likeness (QED) is 0.101. The molecule has 6 aromatic rings. The van der Waals surface area contributed by atoms with Gasteiger partial charge in [-0.15, -0.1) is 10.2 Å². The highest BCUT2D eigenvalue weighted by Crippen LogP contribution is 2.32.